The normalized spacial score (nSPS) is 18.1. The lowest BCUT2D eigenvalue weighted by Crippen LogP contribution is -2.23. The van der Waals surface area contributed by atoms with Crippen LogP contribution in [-0.4, -0.2) is 37.3 Å². The Kier molecular flexibility index (Phi) is 4.01. The van der Waals surface area contributed by atoms with Crippen molar-refractivity contribution in [3.05, 3.63) is 23.8 Å². The first kappa shape index (κ1) is 13.4. The first-order valence-corrected chi connectivity index (χ1v) is 5.91. The number of rotatable bonds is 4. The quantitative estimate of drug-likeness (QED) is 0.858. The maximum Gasteiger partial charge on any atom is 0.335 e. The molecule has 0 radical (unpaired) electrons. The molecule has 0 saturated carbocycles. The maximum absolute atomic E-state index is 11.9. The fourth-order valence-electron chi connectivity index (χ4n) is 1.90. The summed E-state index contributed by atoms with van der Waals surface area (Å²) in [5, 5.41) is 11.6. The van der Waals surface area contributed by atoms with Gasteiger partial charge in [-0.25, -0.2) is 4.79 Å². The molecule has 1 aromatic rings. The number of carboxylic acid groups (broad SMARTS) is 1. The number of benzene rings is 1. The Morgan fingerprint density at radius 3 is 2.84 bits per heavy atom. The first-order chi connectivity index (χ1) is 9.11. The fourth-order valence-corrected chi connectivity index (χ4v) is 1.90. The highest BCUT2D eigenvalue weighted by Crippen LogP contribution is 2.27. The van der Waals surface area contributed by atoms with Gasteiger partial charge in [0, 0.05) is 6.61 Å². The zero-order valence-electron chi connectivity index (χ0n) is 10.5. The molecule has 1 saturated heterocycles. The second-order valence-electron chi connectivity index (χ2n) is 4.27. The maximum atomic E-state index is 11.9. The van der Waals surface area contributed by atoms with E-state index in [4.69, 9.17) is 14.6 Å². The van der Waals surface area contributed by atoms with Crippen LogP contribution in [0.2, 0.25) is 0 Å². The topological polar surface area (TPSA) is 84.9 Å². The number of carboxylic acids is 1. The molecule has 0 unspecified atom stereocenters. The van der Waals surface area contributed by atoms with Crippen LogP contribution in [0.4, 0.5) is 5.69 Å². The van der Waals surface area contributed by atoms with E-state index < -0.39 is 5.97 Å². The highest BCUT2D eigenvalue weighted by Gasteiger charge is 2.24. The molecule has 1 aliphatic heterocycles. The lowest BCUT2D eigenvalue weighted by atomic mass is 10.1. The van der Waals surface area contributed by atoms with Gasteiger partial charge in [0.1, 0.15) is 5.75 Å². The molecule has 6 heteroatoms. The van der Waals surface area contributed by atoms with Gasteiger partial charge in [-0.05, 0) is 24.6 Å². The minimum atomic E-state index is -1.04. The van der Waals surface area contributed by atoms with Crippen molar-refractivity contribution in [3.8, 4) is 5.75 Å². The molecule has 2 N–H and O–H groups in total. The lowest BCUT2D eigenvalue weighted by molar-refractivity contribution is -0.119. The Bertz CT molecular complexity index is 494. The van der Waals surface area contributed by atoms with Crippen LogP contribution in [0.25, 0.3) is 0 Å². The first-order valence-electron chi connectivity index (χ1n) is 5.91. The van der Waals surface area contributed by atoms with E-state index in [1.165, 1.54) is 25.3 Å². The molecule has 0 spiro atoms. The number of ether oxygens (including phenoxy) is 2. The number of aromatic carboxylic acids is 1. The monoisotopic (exact) mass is 265 g/mol. The van der Waals surface area contributed by atoms with Crippen molar-refractivity contribution >= 4 is 17.6 Å². The number of carbonyl (C=O) groups excluding carboxylic acids is 1. The summed E-state index contributed by atoms with van der Waals surface area (Å²) in [6.07, 6.45) is 0.696. The van der Waals surface area contributed by atoms with Gasteiger partial charge in [-0.3, -0.25) is 4.79 Å². The van der Waals surface area contributed by atoms with Gasteiger partial charge < -0.3 is 19.9 Å². The summed E-state index contributed by atoms with van der Waals surface area (Å²) in [6.45, 7) is 1.01. The van der Waals surface area contributed by atoms with E-state index in [1.54, 1.807) is 0 Å². The van der Waals surface area contributed by atoms with Crippen LogP contribution in [0.3, 0.4) is 0 Å². The number of hydrogen-bond donors (Lipinski definition) is 2. The Balaban J connectivity index is 2.15. The summed E-state index contributed by atoms with van der Waals surface area (Å²) in [5.74, 6) is -1.02. The Hall–Kier alpha value is -2.08. The van der Waals surface area contributed by atoms with Crippen molar-refractivity contribution in [2.24, 2.45) is 5.92 Å². The standard InChI is InChI=1S/C13H15NO5/c1-18-11-6-8(13(16)17)2-3-10(11)14-12(15)9-4-5-19-7-9/h2-3,6,9H,4-5,7H2,1H3,(H,14,15)(H,16,17)/t9-/m1/s1. The summed E-state index contributed by atoms with van der Waals surface area (Å²) in [5.41, 5.74) is 0.573. The third kappa shape index (κ3) is 3.03. The number of amides is 1. The fraction of sp³-hybridized carbons (Fsp3) is 0.385. The van der Waals surface area contributed by atoms with Crippen LogP contribution in [-0.2, 0) is 9.53 Å². The molecule has 1 aromatic carbocycles. The molecule has 0 aromatic heterocycles. The van der Waals surface area contributed by atoms with Crippen LogP contribution in [0.15, 0.2) is 18.2 Å². The Morgan fingerprint density at radius 1 is 1.47 bits per heavy atom. The lowest BCUT2D eigenvalue weighted by Gasteiger charge is -2.13. The molecule has 1 atom stereocenters. The van der Waals surface area contributed by atoms with Crippen molar-refractivity contribution in [1.29, 1.82) is 0 Å². The predicted molar refractivity (Wildman–Crippen MR) is 67.5 cm³/mol. The summed E-state index contributed by atoms with van der Waals surface area (Å²) >= 11 is 0. The minimum Gasteiger partial charge on any atom is -0.495 e. The predicted octanol–water partition coefficient (Wildman–Crippen LogP) is 1.37. The molecule has 1 heterocycles. The van der Waals surface area contributed by atoms with Crippen molar-refractivity contribution in [2.45, 2.75) is 6.42 Å². The molecule has 19 heavy (non-hydrogen) atoms. The van der Waals surface area contributed by atoms with Gasteiger partial charge in [0.2, 0.25) is 5.91 Å². The summed E-state index contributed by atoms with van der Waals surface area (Å²) in [4.78, 5) is 22.8. The van der Waals surface area contributed by atoms with Crippen molar-refractivity contribution in [1.82, 2.24) is 0 Å². The molecule has 6 nitrogen and oxygen atoms in total. The highest BCUT2D eigenvalue weighted by molar-refractivity contribution is 5.95. The summed E-state index contributed by atoms with van der Waals surface area (Å²) < 4.78 is 10.2. The number of hydrogen-bond acceptors (Lipinski definition) is 4. The van der Waals surface area contributed by atoms with Gasteiger partial charge in [0.15, 0.2) is 0 Å². The van der Waals surface area contributed by atoms with E-state index in [0.717, 1.165) is 0 Å². The second kappa shape index (κ2) is 5.71. The molecule has 1 amide bonds. The molecule has 102 valence electrons. The SMILES string of the molecule is COc1cc(C(=O)O)ccc1NC(=O)[C@@H]1CCOC1. The largest absolute Gasteiger partial charge is 0.495 e. The third-order valence-corrected chi connectivity index (χ3v) is 3.01. The van der Waals surface area contributed by atoms with E-state index >= 15 is 0 Å². The van der Waals surface area contributed by atoms with Gasteiger partial charge in [-0.15, -0.1) is 0 Å². The average molecular weight is 265 g/mol. The molecule has 0 aliphatic carbocycles. The Morgan fingerprint density at radius 2 is 2.26 bits per heavy atom. The summed E-state index contributed by atoms with van der Waals surface area (Å²) in [7, 11) is 1.43. The molecule has 1 fully saturated rings. The smallest absolute Gasteiger partial charge is 0.335 e. The van der Waals surface area contributed by atoms with E-state index in [-0.39, 0.29) is 17.4 Å². The van der Waals surface area contributed by atoms with E-state index in [9.17, 15) is 9.59 Å². The van der Waals surface area contributed by atoms with Crippen molar-refractivity contribution in [3.63, 3.8) is 0 Å². The van der Waals surface area contributed by atoms with Crippen molar-refractivity contribution in [2.75, 3.05) is 25.6 Å². The average Bonchev–Trinajstić information content (AvgIpc) is 2.92. The van der Waals surface area contributed by atoms with Crippen LogP contribution in [0.1, 0.15) is 16.8 Å². The minimum absolute atomic E-state index is 0.110. The van der Waals surface area contributed by atoms with Gasteiger partial charge in [-0.1, -0.05) is 0 Å². The third-order valence-electron chi connectivity index (χ3n) is 3.01. The van der Waals surface area contributed by atoms with Gasteiger partial charge >= 0.3 is 5.97 Å². The number of anilines is 1. The molecule has 0 bridgehead atoms. The Labute approximate surface area is 110 Å². The zero-order valence-corrected chi connectivity index (χ0v) is 10.5. The van der Waals surface area contributed by atoms with Gasteiger partial charge in [0.25, 0.3) is 0 Å². The van der Waals surface area contributed by atoms with Crippen LogP contribution < -0.4 is 10.1 Å². The molecule has 1 aliphatic rings. The molecular weight excluding hydrogens is 250 g/mol. The molecule has 2 rings (SSSR count). The molecular formula is C13H15NO5. The van der Waals surface area contributed by atoms with Gasteiger partial charge in [0.05, 0.1) is 30.9 Å². The number of carbonyl (C=O) groups is 2. The van der Waals surface area contributed by atoms with E-state index in [2.05, 4.69) is 5.32 Å². The highest BCUT2D eigenvalue weighted by atomic mass is 16.5. The van der Waals surface area contributed by atoms with Gasteiger partial charge in [-0.2, -0.15) is 0 Å². The van der Waals surface area contributed by atoms with Crippen LogP contribution in [0, 0.1) is 5.92 Å². The second-order valence-corrected chi connectivity index (χ2v) is 4.27. The van der Waals surface area contributed by atoms with Crippen LogP contribution in [0.5, 0.6) is 5.75 Å². The zero-order chi connectivity index (χ0) is 13.8. The van der Waals surface area contributed by atoms with E-state index in [0.29, 0.717) is 31.1 Å². The van der Waals surface area contributed by atoms with Crippen molar-refractivity contribution < 1.29 is 24.2 Å². The number of methoxy groups -OCH3 is 1. The van der Waals surface area contributed by atoms with E-state index in [1.807, 2.05) is 0 Å². The summed E-state index contributed by atoms with van der Waals surface area (Å²) in [6, 6.07) is 4.32. The van der Waals surface area contributed by atoms with Crippen LogP contribution >= 0.6 is 0 Å². The number of nitrogens with one attached hydrogen (secondary N) is 1.